The summed E-state index contributed by atoms with van der Waals surface area (Å²) < 4.78 is 5.77. The smallest absolute Gasteiger partial charge is 0.258 e. The van der Waals surface area contributed by atoms with Crippen LogP contribution in [0.25, 0.3) is 0 Å². The Kier molecular flexibility index (Phi) is 7.84. The standard InChI is InChI=1S/C25H28N2O3/c1-2-3-4-9-18-30-22-15-13-20(14-16-22)25(29)27(19-21-10-7-8-17-26-21)23-11-5-6-12-24(23)28/h5-8,10-17,28H,2-4,9,18-19H2,1H3. The lowest BCUT2D eigenvalue weighted by Gasteiger charge is -2.23. The van der Waals surface area contributed by atoms with Gasteiger partial charge in [-0.05, 0) is 55.0 Å². The van der Waals surface area contributed by atoms with Gasteiger partial charge in [0.2, 0.25) is 0 Å². The summed E-state index contributed by atoms with van der Waals surface area (Å²) in [5.41, 5.74) is 1.71. The van der Waals surface area contributed by atoms with Crippen LogP contribution in [0.3, 0.4) is 0 Å². The number of unbranched alkanes of at least 4 members (excludes halogenated alkanes) is 3. The van der Waals surface area contributed by atoms with Gasteiger partial charge in [-0.2, -0.15) is 0 Å². The highest BCUT2D eigenvalue weighted by atomic mass is 16.5. The molecule has 1 amide bonds. The van der Waals surface area contributed by atoms with E-state index in [4.69, 9.17) is 4.74 Å². The van der Waals surface area contributed by atoms with E-state index in [1.54, 1.807) is 42.6 Å². The normalized spacial score (nSPS) is 10.6. The first kappa shape index (κ1) is 21.4. The van der Waals surface area contributed by atoms with Gasteiger partial charge >= 0.3 is 0 Å². The van der Waals surface area contributed by atoms with Crippen molar-refractivity contribution >= 4 is 11.6 Å². The monoisotopic (exact) mass is 404 g/mol. The Morgan fingerprint density at radius 2 is 1.73 bits per heavy atom. The number of carbonyl (C=O) groups is 1. The zero-order valence-electron chi connectivity index (χ0n) is 17.3. The summed E-state index contributed by atoms with van der Waals surface area (Å²) in [6.07, 6.45) is 6.29. The predicted molar refractivity (Wildman–Crippen MR) is 119 cm³/mol. The van der Waals surface area contributed by atoms with Crippen LogP contribution in [0, 0.1) is 0 Å². The average molecular weight is 405 g/mol. The van der Waals surface area contributed by atoms with Crippen LogP contribution in [0.5, 0.6) is 11.5 Å². The molecule has 5 nitrogen and oxygen atoms in total. The second-order valence-corrected chi connectivity index (χ2v) is 7.13. The van der Waals surface area contributed by atoms with Crippen LogP contribution in [-0.2, 0) is 6.54 Å². The SMILES string of the molecule is CCCCCCOc1ccc(C(=O)N(Cc2ccccn2)c2ccccc2O)cc1. The summed E-state index contributed by atoms with van der Waals surface area (Å²) in [6.45, 7) is 3.12. The Morgan fingerprint density at radius 1 is 0.967 bits per heavy atom. The molecule has 0 spiro atoms. The van der Waals surface area contributed by atoms with Crippen LogP contribution >= 0.6 is 0 Å². The third-order valence-electron chi connectivity index (χ3n) is 4.83. The molecule has 3 rings (SSSR count). The number of phenolic OH excluding ortho intramolecular Hbond substituents is 1. The van der Waals surface area contributed by atoms with Crippen molar-refractivity contribution < 1.29 is 14.6 Å². The van der Waals surface area contributed by atoms with E-state index in [-0.39, 0.29) is 18.2 Å². The van der Waals surface area contributed by atoms with Crippen molar-refractivity contribution in [1.82, 2.24) is 4.98 Å². The van der Waals surface area contributed by atoms with Gasteiger partial charge in [-0.1, -0.05) is 44.4 Å². The van der Waals surface area contributed by atoms with Crippen molar-refractivity contribution in [3.8, 4) is 11.5 Å². The first-order valence-electron chi connectivity index (χ1n) is 10.4. The maximum absolute atomic E-state index is 13.3. The van der Waals surface area contributed by atoms with Crippen molar-refractivity contribution in [2.24, 2.45) is 0 Å². The number of pyridine rings is 1. The summed E-state index contributed by atoms with van der Waals surface area (Å²) in [5.74, 6) is 0.590. The summed E-state index contributed by atoms with van der Waals surface area (Å²) in [4.78, 5) is 19.2. The second-order valence-electron chi connectivity index (χ2n) is 7.13. The predicted octanol–water partition coefficient (Wildman–Crippen LogP) is 5.59. The number of hydrogen-bond donors (Lipinski definition) is 1. The zero-order valence-corrected chi connectivity index (χ0v) is 17.3. The minimum Gasteiger partial charge on any atom is -0.506 e. The third kappa shape index (κ3) is 5.83. The Balaban J connectivity index is 1.75. The third-order valence-corrected chi connectivity index (χ3v) is 4.83. The van der Waals surface area contributed by atoms with Crippen molar-refractivity contribution in [1.29, 1.82) is 0 Å². The number of hydrogen-bond acceptors (Lipinski definition) is 4. The summed E-state index contributed by atoms with van der Waals surface area (Å²) >= 11 is 0. The van der Waals surface area contributed by atoms with Crippen molar-refractivity contribution in [2.75, 3.05) is 11.5 Å². The van der Waals surface area contributed by atoms with Crippen LogP contribution in [0.1, 0.15) is 48.7 Å². The van der Waals surface area contributed by atoms with Crippen LogP contribution < -0.4 is 9.64 Å². The van der Waals surface area contributed by atoms with E-state index in [1.807, 2.05) is 30.3 Å². The molecule has 0 bridgehead atoms. The Morgan fingerprint density at radius 3 is 2.43 bits per heavy atom. The molecular formula is C25H28N2O3. The van der Waals surface area contributed by atoms with Crippen molar-refractivity contribution in [2.45, 2.75) is 39.2 Å². The van der Waals surface area contributed by atoms with Gasteiger partial charge in [-0.25, -0.2) is 0 Å². The van der Waals surface area contributed by atoms with Gasteiger partial charge in [0, 0.05) is 11.8 Å². The van der Waals surface area contributed by atoms with Crippen LogP contribution in [0.2, 0.25) is 0 Å². The number of benzene rings is 2. The Hall–Kier alpha value is -3.34. The van der Waals surface area contributed by atoms with Crippen molar-refractivity contribution in [3.63, 3.8) is 0 Å². The summed E-state index contributed by atoms with van der Waals surface area (Å²) in [7, 11) is 0. The Labute approximate surface area is 178 Å². The lowest BCUT2D eigenvalue weighted by molar-refractivity contribution is 0.0984. The number of nitrogens with zero attached hydrogens (tertiary/aromatic N) is 2. The van der Waals surface area contributed by atoms with E-state index in [1.165, 1.54) is 17.7 Å². The molecule has 0 aliphatic heterocycles. The highest BCUT2D eigenvalue weighted by Gasteiger charge is 2.21. The van der Waals surface area contributed by atoms with Gasteiger partial charge in [0.05, 0.1) is 24.5 Å². The molecule has 0 unspecified atom stereocenters. The quantitative estimate of drug-likeness (QED) is 0.447. The highest BCUT2D eigenvalue weighted by Crippen LogP contribution is 2.29. The fraction of sp³-hybridized carbons (Fsp3) is 0.280. The Bertz CT molecular complexity index is 927. The van der Waals surface area contributed by atoms with E-state index < -0.39 is 0 Å². The minimum atomic E-state index is -0.211. The fourth-order valence-electron chi connectivity index (χ4n) is 3.18. The zero-order chi connectivity index (χ0) is 21.2. The number of ether oxygens (including phenoxy) is 1. The van der Waals surface area contributed by atoms with Crippen LogP contribution in [0.4, 0.5) is 5.69 Å². The van der Waals surface area contributed by atoms with Crippen LogP contribution in [0.15, 0.2) is 72.9 Å². The number of anilines is 1. The van der Waals surface area contributed by atoms with Gasteiger partial charge in [0.25, 0.3) is 5.91 Å². The molecule has 30 heavy (non-hydrogen) atoms. The van der Waals surface area contributed by atoms with Gasteiger partial charge in [0.1, 0.15) is 11.5 Å². The first-order valence-corrected chi connectivity index (χ1v) is 10.4. The second kappa shape index (κ2) is 11.0. The molecule has 0 aliphatic carbocycles. The molecule has 1 heterocycles. The van der Waals surface area contributed by atoms with Crippen molar-refractivity contribution in [3.05, 3.63) is 84.2 Å². The summed E-state index contributed by atoms with van der Waals surface area (Å²) in [6, 6.07) is 19.5. The molecule has 3 aromatic rings. The van der Waals surface area contributed by atoms with E-state index in [9.17, 15) is 9.90 Å². The molecule has 0 saturated heterocycles. The number of amides is 1. The number of aromatic hydroxyl groups is 1. The lowest BCUT2D eigenvalue weighted by Crippen LogP contribution is -2.30. The largest absolute Gasteiger partial charge is 0.506 e. The van der Waals surface area contributed by atoms with E-state index >= 15 is 0 Å². The maximum Gasteiger partial charge on any atom is 0.258 e. The highest BCUT2D eigenvalue weighted by molar-refractivity contribution is 6.06. The number of para-hydroxylation sites is 2. The number of phenols is 1. The molecule has 1 aromatic heterocycles. The van der Waals surface area contributed by atoms with E-state index in [2.05, 4.69) is 11.9 Å². The van der Waals surface area contributed by atoms with Gasteiger partial charge in [-0.15, -0.1) is 0 Å². The molecule has 0 saturated carbocycles. The molecule has 0 radical (unpaired) electrons. The molecule has 5 heteroatoms. The average Bonchev–Trinajstić information content (AvgIpc) is 2.79. The molecule has 0 atom stereocenters. The summed E-state index contributed by atoms with van der Waals surface area (Å²) in [5, 5.41) is 10.3. The molecule has 156 valence electrons. The molecule has 2 aromatic carbocycles. The minimum absolute atomic E-state index is 0.0498. The first-order chi connectivity index (χ1) is 14.7. The van der Waals surface area contributed by atoms with Gasteiger partial charge < -0.3 is 9.84 Å². The molecule has 0 aliphatic rings. The number of aromatic nitrogens is 1. The van der Waals surface area contributed by atoms with E-state index in [0.717, 1.165) is 24.3 Å². The fourth-order valence-corrected chi connectivity index (χ4v) is 3.18. The molecular weight excluding hydrogens is 376 g/mol. The molecule has 1 N–H and O–H groups in total. The topological polar surface area (TPSA) is 62.7 Å². The van der Waals surface area contributed by atoms with Crippen LogP contribution in [-0.4, -0.2) is 22.6 Å². The van der Waals surface area contributed by atoms with Gasteiger partial charge in [0.15, 0.2) is 0 Å². The number of rotatable bonds is 10. The van der Waals surface area contributed by atoms with E-state index in [0.29, 0.717) is 17.9 Å². The lowest BCUT2D eigenvalue weighted by atomic mass is 10.1. The maximum atomic E-state index is 13.3. The number of carbonyl (C=O) groups excluding carboxylic acids is 1. The molecule has 0 fully saturated rings. The van der Waals surface area contributed by atoms with Gasteiger partial charge in [-0.3, -0.25) is 14.7 Å².